The molecular formula is C21H42O2. The summed E-state index contributed by atoms with van der Waals surface area (Å²) in [6, 6.07) is 0. The van der Waals surface area contributed by atoms with Gasteiger partial charge in [-0.15, -0.1) is 0 Å². The zero-order chi connectivity index (χ0) is 17.6. The van der Waals surface area contributed by atoms with E-state index in [0.29, 0.717) is 18.8 Å². The Kier molecular flexibility index (Phi) is 13.8. The summed E-state index contributed by atoms with van der Waals surface area (Å²) in [6.07, 6.45) is 16.8. The van der Waals surface area contributed by atoms with E-state index in [-0.39, 0.29) is 5.78 Å². The van der Waals surface area contributed by atoms with E-state index >= 15 is 0 Å². The number of Topliss-reactive ketones (excluding diaryl/α,β-unsaturated/α-hetero) is 1. The average Bonchev–Trinajstić information content (AvgIpc) is 2.47. The van der Waals surface area contributed by atoms with Crippen molar-refractivity contribution in [3.05, 3.63) is 0 Å². The summed E-state index contributed by atoms with van der Waals surface area (Å²) in [4.78, 5) is 12.0. The third kappa shape index (κ3) is 13.7. The molecule has 0 aromatic carbocycles. The number of ketones is 1. The largest absolute Gasteiger partial charge is 0.382 e. The van der Waals surface area contributed by atoms with Crippen LogP contribution in [0, 0.1) is 5.92 Å². The summed E-state index contributed by atoms with van der Waals surface area (Å²) < 4.78 is 0. The van der Waals surface area contributed by atoms with Gasteiger partial charge in [0.05, 0.1) is 0 Å². The van der Waals surface area contributed by atoms with Gasteiger partial charge < -0.3 is 5.11 Å². The lowest BCUT2D eigenvalue weighted by molar-refractivity contribution is -0.137. The molecule has 1 atom stereocenters. The first-order valence-corrected chi connectivity index (χ1v) is 10.2. The molecule has 0 amide bonds. The Morgan fingerprint density at radius 3 is 1.61 bits per heavy atom. The molecule has 0 saturated carbocycles. The fourth-order valence-electron chi connectivity index (χ4n) is 3.04. The van der Waals surface area contributed by atoms with Crippen molar-refractivity contribution in [3.63, 3.8) is 0 Å². The highest BCUT2D eigenvalue weighted by Crippen LogP contribution is 2.20. The van der Waals surface area contributed by atoms with Gasteiger partial charge in [0.1, 0.15) is 5.60 Å². The molecule has 0 rings (SSSR count). The summed E-state index contributed by atoms with van der Waals surface area (Å²) in [7, 11) is 0. The van der Waals surface area contributed by atoms with Crippen LogP contribution in [-0.4, -0.2) is 16.5 Å². The number of hydrogen-bond donors (Lipinski definition) is 1. The van der Waals surface area contributed by atoms with Gasteiger partial charge in [0, 0.05) is 6.42 Å². The van der Waals surface area contributed by atoms with Gasteiger partial charge in [-0.3, -0.25) is 4.79 Å². The first-order valence-electron chi connectivity index (χ1n) is 10.2. The Hall–Kier alpha value is -0.370. The Balaban J connectivity index is 3.43. The number of aliphatic hydroxyl groups is 1. The normalized spacial score (nSPS) is 14.2. The molecule has 0 bridgehead atoms. The Morgan fingerprint density at radius 1 is 0.826 bits per heavy atom. The number of carbonyl (C=O) groups excluding carboxylic acids is 1. The number of hydrogen-bond acceptors (Lipinski definition) is 2. The van der Waals surface area contributed by atoms with Crippen LogP contribution in [0.25, 0.3) is 0 Å². The minimum Gasteiger partial charge on any atom is -0.382 e. The molecular weight excluding hydrogens is 284 g/mol. The molecule has 0 aliphatic rings. The van der Waals surface area contributed by atoms with E-state index in [1.54, 1.807) is 6.92 Å². The SMILES string of the molecule is CCCCCCCCCCCCCCC(C)(O)C(=O)CC(C)C. The van der Waals surface area contributed by atoms with E-state index in [9.17, 15) is 9.90 Å². The molecule has 0 aliphatic carbocycles. The van der Waals surface area contributed by atoms with Crippen molar-refractivity contribution >= 4 is 5.78 Å². The van der Waals surface area contributed by atoms with Gasteiger partial charge in [-0.1, -0.05) is 97.8 Å². The minimum atomic E-state index is -1.11. The fraction of sp³-hybridized carbons (Fsp3) is 0.952. The second-order valence-electron chi connectivity index (χ2n) is 7.93. The lowest BCUT2D eigenvalue weighted by atomic mass is 9.89. The minimum absolute atomic E-state index is 0.00979. The van der Waals surface area contributed by atoms with Crippen LogP contribution in [0.2, 0.25) is 0 Å². The van der Waals surface area contributed by atoms with Gasteiger partial charge in [0.2, 0.25) is 0 Å². The highest BCUT2D eigenvalue weighted by Gasteiger charge is 2.29. The molecule has 0 aliphatic heterocycles. The highest BCUT2D eigenvalue weighted by molar-refractivity contribution is 5.86. The van der Waals surface area contributed by atoms with Crippen LogP contribution in [0.4, 0.5) is 0 Å². The molecule has 138 valence electrons. The van der Waals surface area contributed by atoms with Crippen molar-refractivity contribution in [1.82, 2.24) is 0 Å². The fourth-order valence-corrected chi connectivity index (χ4v) is 3.04. The maximum absolute atomic E-state index is 12.0. The van der Waals surface area contributed by atoms with E-state index in [2.05, 4.69) is 6.92 Å². The third-order valence-corrected chi connectivity index (χ3v) is 4.71. The molecule has 1 N–H and O–H groups in total. The van der Waals surface area contributed by atoms with Crippen LogP contribution in [0.3, 0.4) is 0 Å². The summed E-state index contributed by atoms with van der Waals surface area (Å²) >= 11 is 0. The molecule has 0 saturated heterocycles. The van der Waals surface area contributed by atoms with E-state index in [1.807, 2.05) is 13.8 Å². The lowest BCUT2D eigenvalue weighted by Crippen LogP contribution is -2.35. The predicted octanol–water partition coefficient (Wildman–Crippen LogP) is 6.44. The molecule has 1 unspecified atom stereocenters. The Morgan fingerprint density at radius 2 is 1.22 bits per heavy atom. The maximum atomic E-state index is 12.0. The molecule has 0 aromatic rings. The monoisotopic (exact) mass is 326 g/mol. The number of rotatable bonds is 16. The zero-order valence-electron chi connectivity index (χ0n) is 16.3. The second-order valence-corrected chi connectivity index (χ2v) is 7.93. The molecule has 2 heteroatoms. The number of unbranched alkanes of at least 4 members (excludes halogenated alkanes) is 11. The first kappa shape index (κ1) is 22.6. The van der Waals surface area contributed by atoms with Crippen molar-refractivity contribution < 1.29 is 9.90 Å². The van der Waals surface area contributed by atoms with Crippen LogP contribution in [0.15, 0.2) is 0 Å². The first-order chi connectivity index (χ1) is 10.9. The molecule has 0 spiro atoms. The molecule has 0 radical (unpaired) electrons. The van der Waals surface area contributed by atoms with Crippen LogP contribution in [0.5, 0.6) is 0 Å². The summed E-state index contributed by atoms with van der Waals surface area (Å²) in [5.41, 5.74) is -1.11. The maximum Gasteiger partial charge on any atom is 0.164 e. The second kappa shape index (κ2) is 14.0. The van der Waals surface area contributed by atoms with Gasteiger partial charge in [-0.2, -0.15) is 0 Å². The Labute approximate surface area is 145 Å². The Bertz CT molecular complexity index is 282. The van der Waals surface area contributed by atoms with Crippen LogP contribution in [-0.2, 0) is 4.79 Å². The van der Waals surface area contributed by atoms with Gasteiger partial charge in [0.25, 0.3) is 0 Å². The van der Waals surface area contributed by atoms with Crippen LogP contribution >= 0.6 is 0 Å². The molecule has 2 nitrogen and oxygen atoms in total. The molecule has 0 aromatic heterocycles. The van der Waals surface area contributed by atoms with E-state index < -0.39 is 5.60 Å². The van der Waals surface area contributed by atoms with Crippen molar-refractivity contribution in [1.29, 1.82) is 0 Å². The van der Waals surface area contributed by atoms with Crippen LogP contribution in [0.1, 0.15) is 118 Å². The van der Waals surface area contributed by atoms with E-state index in [1.165, 1.54) is 64.2 Å². The highest BCUT2D eigenvalue weighted by atomic mass is 16.3. The van der Waals surface area contributed by atoms with Crippen molar-refractivity contribution in [2.75, 3.05) is 0 Å². The zero-order valence-corrected chi connectivity index (χ0v) is 16.3. The summed E-state index contributed by atoms with van der Waals surface area (Å²) in [5.74, 6) is 0.339. The standard InChI is InChI=1S/C21H42O2/c1-5-6-7-8-9-10-11-12-13-14-15-16-17-21(4,23)20(22)18-19(2)3/h19,23H,5-18H2,1-4H3. The van der Waals surface area contributed by atoms with Gasteiger partial charge >= 0.3 is 0 Å². The number of carbonyl (C=O) groups is 1. The lowest BCUT2D eigenvalue weighted by Gasteiger charge is -2.22. The third-order valence-electron chi connectivity index (χ3n) is 4.71. The quantitative estimate of drug-likeness (QED) is 0.331. The van der Waals surface area contributed by atoms with Crippen molar-refractivity contribution in [2.45, 2.75) is 123 Å². The average molecular weight is 327 g/mol. The molecule has 0 fully saturated rings. The van der Waals surface area contributed by atoms with Crippen molar-refractivity contribution in [2.24, 2.45) is 5.92 Å². The summed E-state index contributed by atoms with van der Waals surface area (Å²) in [5, 5.41) is 10.2. The van der Waals surface area contributed by atoms with Crippen molar-refractivity contribution in [3.8, 4) is 0 Å². The summed E-state index contributed by atoms with van der Waals surface area (Å²) in [6.45, 7) is 8.01. The van der Waals surface area contributed by atoms with Gasteiger partial charge in [-0.05, 0) is 19.3 Å². The van der Waals surface area contributed by atoms with Gasteiger partial charge in [0.15, 0.2) is 5.78 Å². The van der Waals surface area contributed by atoms with Crippen LogP contribution < -0.4 is 0 Å². The molecule has 0 heterocycles. The smallest absolute Gasteiger partial charge is 0.164 e. The van der Waals surface area contributed by atoms with E-state index in [0.717, 1.165) is 12.8 Å². The topological polar surface area (TPSA) is 37.3 Å². The van der Waals surface area contributed by atoms with Gasteiger partial charge in [-0.25, -0.2) is 0 Å². The van der Waals surface area contributed by atoms with E-state index in [4.69, 9.17) is 0 Å². The molecule has 23 heavy (non-hydrogen) atoms. The predicted molar refractivity (Wildman–Crippen MR) is 101 cm³/mol.